The van der Waals surface area contributed by atoms with E-state index in [2.05, 4.69) is 19.1 Å². The van der Waals surface area contributed by atoms with Gasteiger partial charge in [0.05, 0.1) is 7.11 Å². The number of nitrogens with two attached hydrogens (primary N) is 1. The zero-order valence-electron chi connectivity index (χ0n) is 9.55. The molecule has 82 valence electrons. The topological polar surface area (TPSA) is 35.2 Å². The van der Waals surface area contributed by atoms with Gasteiger partial charge in [-0.3, -0.25) is 0 Å². The standard InChI is InChI=1S/C13H19NO/c1-3-10-5-6-12(15-2)11(9-10)13(14)7-4-8-13/h5-6,9H,3-4,7-8,14H2,1-2H3. The van der Waals surface area contributed by atoms with Crippen LogP contribution in [0.3, 0.4) is 0 Å². The molecule has 0 saturated heterocycles. The lowest BCUT2D eigenvalue weighted by Crippen LogP contribution is -2.43. The minimum atomic E-state index is -0.128. The number of hydrogen-bond acceptors (Lipinski definition) is 2. The monoisotopic (exact) mass is 205 g/mol. The van der Waals surface area contributed by atoms with Crippen molar-refractivity contribution in [2.24, 2.45) is 5.73 Å². The van der Waals surface area contributed by atoms with Crippen molar-refractivity contribution in [3.63, 3.8) is 0 Å². The minimum Gasteiger partial charge on any atom is -0.496 e. The first kappa shape index (κ1) is 10.5. The summed E-state index contributed by atoms with van der Waals surface area (Å²) in [5.41, 5.74) is 8.74. The lowest BCUT2D eigenvalue weighted by molar-refractivity contribution is 0.243. The predicted molar refractivity (Wildman–Crippen MR) is 62.1 cm³/mol. The summed E-state index contributed by atoms with van der Waals surface area (Å²) in [5.74, 6) is 0.939. The van der Waals surface area contributed by atoms with Gasteiger partial charge in [0.1, 0.15) is 5.75 Å². The van der Waals surface area contributed by atoms with E-state index >= 15 is 0 Å². The number of hydrogen-bond donors (Lipinski definition) is 1. The van der Waals surface area contributed by atoms with Crippen LogP contribution in [-0.2, 0) is 12.0 Å². The van der Waals surface area contributed by atoms with E-state index in [1.807, 2.05) is 6.07 Å². The summed E-state index contributed by atoms with van der Waals surface area (Å²) in [7, 11) is 1.71. The van der Waals surface area contributed by atoms with Crippen LogP contribution in [0.5, 0.6) is 5.75 Å². The van der Waals surface area contributed by atoms with Crippen LogP contribution in [0.4, 0.5) is 0 Å². The highest BCUT2D eigenvalue weighted by Crippen LogP contribution is 2.43. The molecule has 0 heterocycles. The largest absolute Gasteiger partial charge is 0.496 e. The maximum absolute atomic E-state index is 6.34. The molecule has 1 aromatic carbocycles. The Hall–Kier alpha value is -1.02. The molecule has 1 aromatic rings. The Labute approximate surface area is 91.4 Å². The van der Waals surface area contributed by atoms with Crippen LogP contribution in [0, 0.1) is 0 Å². The lowest BCUT2D eigenvalue weighted by Gasteiger charge is -2.39. The molecule has 0 atom stereocenters. The van der Waals surface area contributed by atoms with Gasteiger partial charge in [0.2, 0.25) is 0 Å². The molecule has 0 aromatic heterocycles. The first-order valence-electron chi connectivity index (χ1n) is 5.66. The van der Waals surface area contributed by atoms with E-state index in [0.29, 0.717) is 0 Å². The van der Waals surface area contributed by atoms with Crippen LogP contribution in [0.2, 0.25) is 0 Å². The number of methoxy groups -OCH3 is 1. The van der Waals surface area contributed by atoms with Crippen LogP contribution in [0.15, 0.2) is 18.2 Å². The second-order valence-electron chi connectivity index (χ2n) is 4.40. The summed E-state index contributed by atoms with van der Waals surface area (Å²) in [5, 5.41) is 0. The molecule has 1 aliphatic rings. The predicted octanol–water partition coefficient (Wildman–Crippen LogP) is 2.60. The van der Waals surface area contributed by atoms with Gasteiger partial charge < -0.3 is 10.5 Å². The summed E-state index contributed by atoms with van der Waals surface area (Å²) < 4.78 is 5.39. The van der Waals surface area contributed by atoms with Crippen LogP contribution >= 0.6 is 0 Å². The molecule has 1 fully saturated rings. The van der Waals surface area contributed by atoms with Gasteiger partial charge in [-0.1, -0.05) is 19.1 Å². The molecule has 2 heteroatoms. The van der Waals surface area contributed by atoms with E-state index in [4.69, 9.17) is 10.5 Å². The summed E-state index contributed by atoms with van der Waals surface area (Å²) in [4.78, 5) is 0. The second kappa shape index (κ2) is 3.86. The summed E-state index contributed by atoms with van der Waals surface area (Å²) in [6.07, 6.45) is 4.44. The Morgan fingerprint density at radius 3 is 2.60 bits per heavy atom. The third-order valence-electron chi connectivity index (χ3n) is 3.45. The highest BCUT2D eigenvalue weighted by molar-refractivity contribution is 5.43. The second-order valence-corrected chi connectivity index (χ2v) is 4.40. The van der Waals surface area contributed by atoms with Crippen molar-refractivity contribution >= 4 is 0 Å². The number of aryl methyl sites for hydroxylation is 1. The molecule has 0 bridgehead atoms. The fourth-order valence-electron chi connectivity index (χ4n) is 2.19. The molecule has 15 heavy (non-hydrogen) atoms. The van der Waals surface area contributed by atoms with Gasteiger partial charge >= 0.3 is 0 Å². The zero-order chi connectivity index (χ0) is 10.9. The van der Waals surface area contributed by atoms with Gasteiger partial charge in [0, 0.05) is 11.1 Å². The smallest absolute Gasteiger partial charge is 0.123 e. The molecule has 2 rings (SSSR count). The maximum atomic E-state index is 6.34. The van der Waals surface area contributed by atoms with Crippen LogP contribution in [0.1, 0.15) is 37.3 Å². The molecule has 2 N–H and O–H groups in total. The summed E-state index contributed by atoms with van der Waals surface area (Å²) in [6.45, 7) is 2.16. The molecular weight excluding hydrogens is 186 g/mol. The quantitative estimate of drug-likeness (QED) is 0.823. The van der Waals surface area contributed by atoms with E-state index in [0.717, 1.165) is 25.0 Å². The normalized spacial score (nSPS) is 18.3. The lowest BCUT2D eigenvalue weighted by atomic mass is 9.72. The molecule has 1 aliphatic carbocycles. The molecule has 0 radical (unpaired) electrons. The van der Waals surface area contributed by atoms with Crippen molar-refractivity contribution in [2.75, 3.05) is 7.11 Å². The average Bonchev–Trinajstić information content (AvgIpc) is 2.25. The van der Waals surface area contributed by atoms with Crippen molar-refractivity contribution in [2.45, 2.75) is 38.1 Å². The number of rotatable bonds is 3. The first-order valence-corrected chi connectivity index (χ1v) is 5.66. The minimum absolute atomic E-state index is 0.128. The molecule has 0 spiro atoms. The Morgan fingerprint density at radius 1 is 1.40 bits per heavy atom. The Morgan fingerprint density at radius 2 is 2.13 bits per heavy atom. The Bertz CT molecular complexity index is 356. The Kier molecular flexibility index (Phi) is 2.70. The highest BCUT2D eigenvalue weighted by atomic mass is 16.5. The Balaban J connectivity index is 2.41. The van der Waals surface area contributed by atoms with Crippen LogP contribution in [0.25, 0.3) is 0 Å². The fraction of sp³-hybridized carbons (Fsp3) is 0.538. The SMILES string of the molecule is CCc1ccc(OC)c(C2(N)CCC2)c1. The van der Waals surface area contributed by atoms with Crippen molar-refractivity contribution in [3.8, 4) is 5.75 Å². The summed E-state index contributed by atoms with van der Waals surface area (Å²) >= 11 is 0. The van der Waals surface area contributed by atoms with Crippen LogP contribution < -0.4 is 10.5 Å². The number of ether oxygens (including phenoxy) is 1. The first-order chi connectivity index (χ1) is 7.19. The number of benzene rings is 1. The van der Waals surface area contributed by atoms with Gasteiger partial charge in [-0.05, 0) is 37.3 Å². The summed E-state index contributed by atoms with van der Waals surface area (Å²) in [6, 6.07) is 6.36. The van der Waals surface area contributed by atoms with E-state index in [9.17, 15) is 0 Å². The highest BCUT2D eigenvalue weighted by Gasteiger charge is 2.36. The maximum Gasteiger partial charge on any atom is 0.123 e. The van der Waals surface area contributed by atoms with E-state index in [-0.39, 0.29) is 5.54 Å². The molecule has 1 saturated carbocycles. The third kappa shape index (κ3) is 1.74. The van der Waals surface area contributed by atoms with E-state index in [1.165, 1.54) is 17.5 Å². The van der Waals surface area contributed by atoms with Crippen LogP contribution in [-0.4, -0.2) is 7.11 Å². The fourth-order valence-corrected chi connectivity index (χ4v) is 2.19. The van der Waals surface area contributed by atoms with E-state index in [1.54, 1.807) is 7.11 Å². The van der Waals surface area contributed by atoms with Gasteiger partial charge in [-0.2, -0.15) is 0 Å². The van der Waals surface area contributed by atoms with Gasteiger partial charge in [0.15, 0.2) is 0 Å². The molecule has 0 amide bonds. The van der Waals surface area contributed by atoms with Crippen molar-refractivity contribution in [1.82, 2.24) is 0 Å². The van der Waals surface area contributed by atoms with Gasteiger partial charge in [-0.25, -0.2) is 0 Å². The van der Waals surface area contributed by atoms with Crippen molar-refractivity contribution in [1.29, 1.82) is 0 Å². The third-order valence-corrected chi connectivity index (χ3v) is 3.45. The van der Waals surface area contributed by atoms with Crippen molar-refractivity contribution in [3.05, 3.63) is 29.3 Å². The molecule has 0 unspecified atom stereocenters. The molecule has 0 aliphatic heterocycles. The van der Waals surface area contributed by atoms with Gasteiger partial charge in [0.25, 0.3) is 0 Å². The zero-order valence-corrected chi connectivity index (χ0v) is 9.55. The van der Waals surface area contributed by atoms with E-state index < -0.39 is 0 Å². The van der Waals surface area contributed by atoms with Crippen molar-refractivity contribution < 1.29 is 4.74 Å². The molecular formula is C13H19NO. The van der Waals surface area contributed by atoms with Gasteiger partial charge in [-0.15, -0.1) is 0 Å². The average molecular weight is 205 g/mol. The molecule has 2 nitrogen and oxygen atoms in total.